The zero-order valence-electron chi connectivity index (χ0n) is 7.20. The lowest BCUT2D eigenvalue weighted by atomic mass is 10.3. The number of anilines is 2. The van der Waals surface area contributed by atoms with E-state index in [0.717, 1.165) is 12.1 Å². The van der Waals surface area contributed by atoms with Crippen LogP contribution in [0.5, 0.6) is 0 Å². The van der Waals surface area contributed by atoms with Crippen molar-refractivity contribution in [2.45, 2.75) is 13.3 Å². The zero-order valence-corrected chi connectivity index (χ0v) is 7.20. The van der Waals surface area contributed by atoms with Gasteiger partial charge in [-0.1, -0.05) is 6.92 Å². The molecule has 66 valence electrons. The fraction of sp³-hybridized carbons (Fsp3) is 0.333. The van der Waals surface area contributed by atoms with Crippen LogP contribution in [0, 0.1) is 0 Å². The molecular formula is C9H14N2O. The fourth-order valence-electron chi connectivity index (χ4n) is 0.987. The van der Waals surface area contributed by atoms with E-state index in [1.807, 2.05) is 6.92 Å². The van der Waals surface area contributed by atoms with Gasteiger partial charge >= 0.3 is 0 Å². The first kappa shape index (κ1) is 8.87. The van der Waals surface area contributed by atoms with Crippen LogP contribution in [-0.4, -0.2) is 11.8 Å². The highest BCUT2D eigenvalue weighted by molar-refractivity contribution is 5.51. The van der Waals surface area contributed by atoms with E-state index in [9.17, 15) is 5.21 Å². The Kier molecular flexibility index (Phi) is 2.94. The van der Waals surface area contributed by atoms with Crippen molar-refractivity contribution in [2.75, 3.05) is 17.3 Å². The van der Waals surface area contributed by atoms with Gasteiger partial charge in [-0.25, -0.2) is 0 Å². The highest BCUT2D eigenvalue weighted by Crippen LogP contribution is 2.14. The van der Waals surface area contributed by atoms with Gasteiger partial charge in [0.05, 0.1) is 5.69 Å². The van der Waals surface area contributed by atoms with Gasteiger partial charge in [-0.2, -0.15) is 0 Å². The Hall–Kier alpha value is -1.22. The van der Waals surface area contributed by atoms with E-state index in [0.29, 0.717) is 12.2 Å². The maximum atomic E-state index is 9.40. The third-order valence-electron chi connectivity index (χ3n) is 1.63. The van der Waals surface area contributed by atoms with Crippen LogP contribution in [0.2, 0.25) is 0 Å². The van der Waals surface area contributed by atoms with Crippen molar-refractivity contribution in [1.82, 2.24) is 0 Å². The highest BCUT2D eigenvalue weighted by atomic mass is 16.5. The summed E-state index contributed by atoms with van der Waals surface area (Å²) in [7, 11) is 0. The summed E-state index contributed by atoms with van der Waals surface area (Å²) in [5, 5.41) is 10.6. The molecule has 0 amide bonds. The van der Waals surface area contributed by atoms with Crippen LogP contribution in [0.4, 0.5) is 11.4 Å². The molecule has 0 heterocycles. The number of hydroxylamine groups is 1. The minimum absolute atomic E-state index is 0.643. The standard InChI is InChI=1S/C9H14N2O/c1-2-7-11(12)9-5-3-8(10)4-6-9/h3-6,12H,2,7,10H2,1H3. The Balaban J connectivity index is 2.68. The monoisotopic (exact) mass is 166 g/mol. The number of hydrogen-bond donors (Lipinski definition) is 2. The molecule has 1 rings (SSSR count). The van der Waals surface area contributed by atoms with Crippen molar-refractivity contribution in [1.29, 1.82) is 0 Å². The van der Waals surface area contributed by atoms with Crippen LogP contribution in [0.15, 0.2) is 24.3 Å². The first-order valence-electron chi connectivity index (χ1n) is 4.06. The molecule has 1 aromatic carbocycles. The maximum absolute atomic E-state index is 9.40. The lowest BCUT2D eigenvalue weighted by Gasteiger charge is -2.15. The summed E-state index contributed by atoms with van der Waals surface area (Å²) in [6.45, 7) is 2.66. The van der Waals surface area contributed by atoms with Crippen molar-refractivity contribution in [3.8, 4) is 0 Å². The smallest absolute Gasteiger partial charge is 0.0635 e. The van der Waals surface area contributed by atoms with Gasteiger partial charge in [-0.15, -0.1) is 0 Å². The topological polar surface area (TPSA) is 49.5 Å². The van der Waals surface area contributed by atoms with Gasteiger partial charge in [0, 0.05) is 12.2 Å². The Bertz CT molecular complexity index is 233. The van der Waals surface area contributed by atoms with Crippen LogP contribution in [0.3, 0.4) is 0 Å². The van der Waals surface area contributed by atoms with Gasteiger partial charge in [0.25, 0.3) is 0 Å². The number of nitrogen functional groups attached to an aromatic ring is 1. The van der Waals surface area contributed by atoms with Gasteiger partial charge < -0.3 is 5.73 Å². The molecule has 0 atom stereocenters. The molecule has 0 spiro atoms. The molecule has 0 aliphatic heterocycles. The molecule has 3 nitrogen and oxygen atoms in total. The number of nitrogens with two attached hydrogens (primary N) is 1. The summed E-state index contributed by atoms with van der Waals surface area (Å²) in [5.74, 6) is 0. The molecule has 0 bridgehead atoms. The summed E-state index contributed by atoms with van der Waals surface area (Å²) < 4.78 is 0. The van der Waals surface area contributed by atoms with E-state index in [1.54, 1.807) is 24.3 Å². The van der Waals surface area contributed by atoms with Crippen LogP contribution in [0.25, 0.3) is 0 Å². The summed E-state index contributed by atoms with van der Waals surface area (Å²) in [6, 6.07) is 7.14. The van der Waals surface area contributed by atoms with Gasteiger partial charge in [-0.3, -0.25) is 10.3 Å². The second-order valence-corrected chi connectivity index (χ2v) is 2.71. The molecule has 0 aromatic heterocycles. The largest absolute Gasteiger partial charge is 0.399 e. The number of hydrogen-bond acceptors (Lipinski definition) is 3. The van der Waals surface area contributed by atoms with Crippen LogP contribution >= 0.6 is 0 Å². The van der Waals surface area contributed by atoms with Gasteiger partial charge in [0.1, 0.15) is 0 Å². The van der Waals surface area contributed by atoms with Gasteiger partial charge in [0.15, 0.2) is 0 Å². The maximum Gasteiger partial charge on any atom is 0.0635 e. The third kappa shape index (κ3) is 2.13. The Morgan fingerprint density at radius 1 is 1.33 bits per heavy atom. The predicted octanol–water partition coefficient (Wildman–Crippen LogP) is 1.87. The van der Waals surface area contributed by atoms with Gasteiger partial charge in [0.2, 0.25) is 0 Å². The van der Waals surface area contributed by atoms with Crippen molar-refractivity contribution in [3.05, 3.63) is 24.3 Å². The van der Waals surface area contributed by atoms with E-state index < -0.39 is 0 Å². The molecule has 3 heteroatoms. The molecule has 0 saturated carbocycles. The van der Waals surface area contributed by atoms with E-state index >= 15 is 0 Å². The summed E-state index contributed by atoms with van der Waals surface area (Å²) in [5.41, 5.74) is 7.00. The first-order chi connectivity index (χ1) is 5.74. The van der Waals surface area contributed by atoms with Crippen LogP contribution < -0.4 is 10.8 Å². The molecule has 0 saturated heterocycles. The van der Waals surface area contributed by atoms with E-state index in [4.69, 9.17) is 5.73 Å². The second kappa shape index (κ2) is 3.97. The van der Waals surface area contributed by atoms with Crippen LogP contribution in [0.1, 0.15) is 13.3 Å². The average Bonchev–Trinajstić information content (AvgIpc) is 2.06. The Morgan fingerprint density at radius 2 is 1.92 bits per heavy atom. The van der Waals surface area contributed by atoms with Crippen molar-refractivity contribution in [2.24, 2.45) is 0 Å². The summed E-state index contributed by atoms with van der Waals surface area (Å²) >= 11 is 0. The Labute approximate surface area is 72.4 Å². The van der Waals surface area contributed by atoms with Crippen molar-refractivity contribution in [3.63, 3.8) is 0 Å². The molecular weight excluding hydrogens is 152 g/mol. The van der Waals surface area contributed by atoms with E-state index in [2.05, 4.69) is 0 Å². The average molecular weight is 166 g/mol. The molecule has 0 unspecified atom stereocenters. The normalized spacial score (nSPS) is 9.83. The minimum Gasteiger partial charge on any atom is -0.399 e. The SMILES string of the molecule is CCCN(O)c1ccc(N)cc1. The lowest BCUT2D eigenvalue weighted by molar-refractivity contribution is 0.254. The molecule has 1 aromatic rings. The number of rotatable bonds is 3. The van der Waals surface area contributed by atoms with E-state index in [-0.39, 0.29) is 0 Å². The Morgan fingerprint density at radius 3 is 2.42 bits per heavy atom. The zero-order chi connectivity index (χ0) is 8.97. The van der Waals surface area contributed by atoms with Crippen molar-refractivity contribution < 1.29 is 5.21 Å². The number of nitrogens with zero attached hydrogens (tertiary/aromatic N) is 1. The predicted molar refractivity (Wildman–Crippen MR) is 50.3 cm³/mol. The molecule has 3 N–H and O–H groups in total. The highest BCUT2D eigenvalue weighted by Gasteiger charge is 1.99. The molecule has 0 aliphatic rings. The third-order valence-corrected chi connectivity index (χ3v) is 1.63. The fourth-order valence-corrected chi connectivity index (χ4v) is 0.987. The molecule has 0 aliphatic carbocycles. The lowest BCUT2D eigenvalue weighted by Crippen LogP contribution is -2.18. The van der Waals surface area contributed by atoms with E-state index in [1.165, 1.54) is 5.06 Å². The second-order valence-electron chi connectivity index (χ2n) is 2.71. The van der Waals surface area contributed by atoms with Crippen LogP contribution in [-0.2, 0) is 0 Å². The summed E-state index contributed by atoms with van der Waals surface area (Å²) in [4.78, 5) is 0. The molecule has 12 heavy (non-hydrogen) atoms. The molecule has 0 fully saturated rings. The van der Waals surface area contributed by atoms with Crippen molar-refractivity contribution >= 4 is 11.4 Å². The number of benzene rings is 1. The quantitative estimate of drug-likeness (QED) is 0.532. The summed E-state index contributed by atoms with van der Waals surface area (Å²) in [6.07, 6.45) is 0.918. The minimum atomic E-state index is 0.643. The van der Waals surface area contributed by atoms with Gasteiger partial charge in [-0.05, 0) is 30.7 Å². The first-order valence-corrected chi connectivity index (χ1v) is 4.06. The molecule has 0 radical (unpaired) electrons.